The average molecular weight is 311 g/mol. The van der Waals surface area contributed by atoms with E-state index in [-0.39, 0.29) is 6.42 Å². The molecule has 2 heteroatoms. The van der Waals surface area contributed by atoms with E-state index in [2.05, 4.69) is 20.4 Å². The number of carboxylic acid groups (broad SMARTS) is 1. The first-order valence-corrected chi connectivity index (χ1v) is 9.40. The standard InChI is InChI=1S/C20H38O2/c1-18(2)14-12-10-8-6-4-5-7-9-11-13-15-19(3)16-17-20(21)22/h18H,3-17H2,1-2H3,(H,21,22). The van der Waals surface area contributed by atoms with Gasteiger partial charge in [-0.15, -0.1) is 0 Å². The monoisotopic (exact) mass is 310 g/mol. The van der Waals surface area contributed by atoms with Gasteiger partial charge in [-0.3, -0.25) is 4.79 Å². The highest BCUT2D eigenvalue weighted by molar-refractivity contribution is 5.66. The third kappa shape index (κ3) is 17.3. The fourth-order valence-electron chi connectivity index (χ4n) is 2.75. The largest absolute Gasteiger partial charge is 0.481 e. The van der Waals surface area contributed by atoms with E-state index in [0.717, 1.165) is 17.9 Å². The lowest BCUT2D eigenvalue weighted by Crippen LogP contribution is -1.95. The van der Waals surface area contributed by atoms with Crippen LogP contribution in [0.5, 0.6) is 0 Å². The van der Waals surface area contributed by atoms with Crippen LogP contribution < -0.4 is 0 Å². The van der Waals surface area contributed by atoms with Crippen LogP contribution in [0, 0.1) is 5.92 Å². The van der Waals surface area contributed by atoms with E-state index >= 15 is 0 Å². The number of carboxylic acids is 1. The van der Waals surface area contributed by atoms with Crippen LogP contribution in [0.2, 0.25) is 0 Å². The predicted molar refractivity (Wildman–Crippen MR) is 96.3 cm³/mol. The van der Waals surface area contributed by atoms with Gasteiger partial charge in [0.25, 0.3) is 0 Å². The van der Waals surface area contributed by atoms with Crippen LogP contribution in [0.3, 0.4) is 0 Å². The molecule has 0 aliphatic rings. The molecule has 0 saturated heterocycles. The van der Waals surface area contributed by atoms with E-state index in [0.29, 0.717) is 6.42 Å². The molecule has 0 rings (SSSR count). The zero-order chi connectivity index (χ0) is 16.6. The van der Waals surface area contributed by atoms with Crippen molar-refractivity contribution in [3.8, 4) is 0 Å². The number of rotatable bonds is 16. The maximum absolute atomic E-state index is 10.5. The van der Waals surface area contributed by atoms with Crippen molar-refractivity contribution in [2.45, 2.75) is 104 Å². The van der Waals surface area contributed by atoms with Gasteiger partial charge in [-0.1, -0.05) is 90.2 Å². The molecule has 0 aliphatic heterocycles. The minimum atomic E-state index is -0.717. The van der Waals surface area contributed by atoms with Crippen LogP contribution in [0.4, 0.5) is 0 Å². The number of hydrogen-bond donors (Lipinski definition) is 1. The molecule has 0 aliphatic carbocycles. The second-order valence-electron chi connectivity index (χ2n) is 7.11. The first-order chi connectivity index (χ1) is 10.5. The lowest BCUT2D eigenvalue weighted by molar-refractivity contribution is -0.136. The Kier molecular flexibility index (Phi) is 14.6. The van der Waals surface area contributed by atoms with Gasteiger partial charge >= 0.3 is 5.97 Å². The molecule has 22 heavy (non-hydrogen) atoms. The number of unbranched alkanes of at least 4 members (excludes halogenated alkanes) is 9. The van der Waals surface area contributed by atoms with Crippen molar-refractivity contribution in [1.29, 1.82) is 0 Å². The van der Waals surface area contributed by atoms with E-state index in [1.807, 2.05) is 0 Å². The summed E-state index contributed by atoms with van der Waals surface area (Å²) in [6.45, 7) is 8.57. The number of aliphatic carboxylic acids is 1. The lowest BCUT2D eigenvalue weighted by Gasteiger charge is -2.05. The summed E-state index contributed by atoms with van der Waals surface area (Å²) in [6.07, 6.45) is 16.8. The van der Waals surface area contributed by atoms with E-state index in [1.165, 1.54) is 70.6 Å². The van der Waals surface area contributed by atoms with Gasteiger partial charge < -0.3 is 5.11 Å². The lowest BCUT2D eigenvalue weighted by atomic mass is 10.0. The first-order valence-electron chi connectivity index (χ1n) is 9.40. The SMILES string of the molecule is C=C(CCCCCCCCCCCCC(C)C)CCC(=O)O. The van der Waals surface area contributed by atoms with E-state index in [4.69, 9.17) is 5.11 Å². The normalized spacial score (nSPS) is 11.0. The second-order valence-corrected chi connectivity index (χ2v) is 7.11. The summed E-state index contributed by atoms with van der Waals surface area (Å²) in [4.78, 5) is 10.5. The Labute approximate surface area is 138 Å². The van der Waals surface area contributed by atoms with Crippen molar-refractivity contribution in [2.75, 3.05) is 0 Å². The van der Waals surface area contributed by atoms with Crippen LogP contribution in [0.1, 0.15) is 104 Å². The summed E-state index contributed by atoms with van der Waals surface area (Å²) in [5.74, 6) is 0.144. The van der Waals surface area contributed by atoms with Crippen LogP contribution in [0.25, 0.3) is 0 Å². The van der Waals surface area contributed by atoms with Gasteiger partial charge in [0.1, 0.15) is 0 Å². The van der Waals surface area contributed by atoms with Gasteiger partial charge in [0.15, 0.2) is 0 Å². The van der Waals surface area contributed by atoms with Crippen LogP contribution in [-0.2, 0) is 4.79 Å². The van der Waals surface area contributed by atoms with Gasteiger partial charge in [-0.25, -0.2) is 0 Å². The minimum absolute atomic E-state index is 0.232. The van der Waals surface area contributed by atoms with Gasteiger partial charge in [0.2, 0.25) is 0 Å². The number of allylic oxidation sites excluding steroid dienone is 1. The average Bonchev–Trinajstić information content (AvgIpc) is 2.45. The molecule has 0 aromatic rings. The molecule has 0 amide bonds. The van der Waals surface area contributed by atoms with Crippen molar-refractivity contribution in [2.24, 2.45) is 5.92 Å². The van der Waals surface area contributed by atoms with Crippen molar-refractivity contribution in [3.63, 3.8) is 0 Å². The third-order valence-electron chi connectivity index (χ3n) is 4.25. The highest BCUT2D eigenvalue weighted by Crippen LogP contribution is 2.16. The molecule has 0 heterocycles. The second kappa shape index (κ2) is 15.1. The fourth-order valence-corrected chi connectivity index (χ4v) is 2.75. The van der Waals surface area contributed by atoms with Gasteiger partial charge in [-0.05, 0) is 25.2 Å². The molecule has 1 N–H and O–H groups in total. The summed E-state index contributed by atoms with van der Waals surface area (Å²) in [5, 5.41) is 8.61. The Hall–Kier alpha value is -0.790. The first kappa shape index (κ1) is 21.2. The maximum Gasteiger partial charge on any atom is 0.303 e. The van der Waals surface area contributed by atoms with Crippen molar-refractivity contribution in [1.82, 2.24) is 0 Å². The third-order valence-corrected chi connectivity index (χ3v) is 4.25. The molecule has 2 nitrogen and oxygen atoms in total. The Balaban J connectivity index is 3.14. The van der Waals surface area contributed by atoms with Crippen molar-refractivity contribution < 1.29 is 9.90 Å². The Morgan fingerprint density at radius 3 is 1.68 bits per heavy atom. The summed E-state index contributed by atoms with van der Waals surface area (Å²) in [5.41, 5.74) is 1.10. The van der Waals surface area contributed by atoms with Gasteiger partial charge in [0.05, 0.1) is 0 Å². The summed E-state index contributed by atoms with van der Waals surface area (Å²) < 4.78 is 0. The molecule has 0 fully saturated rings. The molecule has 0 atom stereocenters. The van der Waals surface area contributed by atoms with Gasteiger partial charge in [0, 0.05) is 6.42 Å². The fraction of sp³-hybridized carbons (Fsp3) is 0.850. The van der Waals surface area contributed by atoms with E-state index in [1.54, 1.807) is 0 Å². The Morgan fingerprint density at radius 1 is 0.773 bits per heavy atom. The molecule has 0 unspecified atom stereocenters. The van der Waals surface area contributed by atoms with Crippen LogP contribution in [0.15, 0.2) is 12.2 Å². The number of carbonyl (C=O) groups is 1. The molecule has 0 spiro atoms. The summed E-state index contributed by atoms with van der Waals surface area (Å²) in [7, 11) is 0. The molecule has 0 aromatic carbocycles. The van der Waals surface area contributed by atoms with E-state index < -0.39 is 5.97 Å². The minimum Gasteiger partial charge on any atom is -0.481 e. The highest BCUT2D eigenvalue weighted by atomic mass is 16.4. The molecule has 0 radical (unpaired) electrons. The summed E-state index contributed by atoms with van der Waals surface area (Å²) >= 11 is 0. The molecule has 130 valence electrons. The van der Waals surface area contributed by atoms with Crippen LogP contribution in [-0.4, -0.2) is 11.1 Å². The molecule has 0 bridgehead atoms. The topological polar surface area (TPSA) is 37.3 Å². The maximum atomic E-state index is 10.5. The zero-order valence-corrected chi connectivity index (χ0v) is 15.0. The zero-order valence-electron chi connectivity index (χ0n) is 15.0. The van der Waals surface area contributed by atoms with Crippen molar-refractivity contribution >= 4 is 5.97 Å². The number of hydrogen-bond acceptors (Lipinski definition) is 1. The van der Waals surface area contributed by atoms with E-state index in [9.17, 15) is 4.79 Å². The molecule has 0 saturated carbocycles. The highest BCUT2D eigenvalue weighted by Gasteiger charge is 2.00. The predicted octanol–water partition coefficient (Wildman–Crippen LogP) is 6.74. The van der Waals surface area contributed by atoms with Crippen LogP contribution >= 0.6 is 0 Å². The smallest absolute Gasteiger partial charge is 0.303 e. The Morgan fingerprint density at radius 2 is 1.23 bits per heavy atom. The van der Waals surface area contributed by atoms with Crippen molar-refractivity contribution in [3.05, 3.63) is 12.2 Å². The molecule has 0 aromatic heterocycles. The summed E-state index contributed by atoms with van der Waals surface area (Å²) in [6, 6.07) is 0. The van der Waals surface area contributed by atoms with Gasteiger partial charge in [-0.2, -0.15) is 0 Å². The molecular formula is C20H38O2. The quantitative estimate of drug-likeness (QED) is 0.253. The molecular weight excluding hydrogens is 272 g/mol. The Bertz CT molecular complexity index is 281.